The van der Waals surface area contributed by atoms with Crippen LogP contribution >= 0.6 is 0 Å². The van der Waals surface area contributed by atoms with Gasteiger partial charge in [0.2, 0.25) is 0 Å². The number of aliphatic imine (C=N–C) groups is 1. The topological polar surface area (TPSA) is 91.6 Å². The number of nitrogens with zero attached hydrogens (tertiary/aromatic N) is 2. The van der Waals surface area contributed by atoms with E-state index in [1.54, 1.807) is 13.2 Å². The number of piperidine rings is 2. The smallest absolute Gasteiger partial charge is 0.333 e. The van der Waals surface area contributed by atoms with E-state index in [1.807, 2.05) is 18.2 Å². The molecule has 0 radical (unpaired) electrons. The summed E-state index contributed by atoms with van der Waals surface area (Å²) in [6.07, 6.45) is 3.69. The summed E-state index contributed by atoms with van der Waals surface area (Å²) < 4.78 is 10.5. The van der Waals surface area contributed by atoms with Gasteiger partial charge in [0.1, 0.15) is 11.4 Å². The summed E-state index contributed by atoms with van der Waals surface area (Å²) in [5, 5.41) is 21.2. The maximum absolute atomic E-state index is 12.5. The third-order valence-electron chi connectivity index (χ3n) is 6.99. The fraction of sp³-hybridized carbons (Fsp3) is 0.565. The van der Waals surface area contributed by atoms with Crippen molar-refractivity contribution >= 4 is 17.4 Å². The predicted molar refractivity (Wildman–Crippen MR) is 113 cm³/mol. The van der Waals surface area contributed by atoms with Crippen molar-refractivity contribution in [2.75, 3.05) is 33.9 Å². The number of ether oxygens (including phenoxy) is 2. The molecule has 7 nitrogen and oxygen atoms in total. The van der Waals surface area contributed by atoms with Crippen LogP contribution in [-0.2, 0) is 15.1 Å². The van der Waals surface area contributed by atoms with Gasteiger partial charge >= 0.3 is 5.97 Å². The van der Waals surface area contributed by atoms with Crippen molar-refractivity contribution in [2.24, 2.45) is 16.8 Å². The second-order valence-corrected chi connectivity index (χ2v) is 8.32. The van der Waals surface area contributed by atoms with Crippen molar-refractivity contribution < 1.29 is 24.5 Å². The molecule has 0 aliphatic carbocycles. The first-order chi connectivity index (χ1) is 14.5. The lowest BCUT2D eigenvalue weighted by Gasteiger charge is -2.50. The Kier molecular flexibility index (Phi) is 5.70. The lowest BCUT2D eigenvalue weighted by Crippen LogP contribution is -2.60. The molecule has 4 rings (SSSR count). The van der Waals surface area contributed by atoms with Gasteiger partial charge < -0.3 is 19.7 Å². The molecule has 0 spiro atoms. The first kappa shape index (κ1) is 21.0. The van der Waals surface area contributed by atoms with Crippen LogP contribution in [-0.4, -0.2) is 66.8 Å². The standard InChI is InChI=1S/C23H30N2O5/c1-4-14-13-25-10-9-23(28)20-17(6-5-7-19(20)29-2)24-21(23)18(25)12-16(14)15(8-11-26)22(27)30-3/h5-8,14,16,18,26,28H,4,9-13H2,1-3H3/b15-8+/t14-,16+,18+,23+/m1/s1. The molecule has 3 aliphatic rings. The van der Waals surface area contributed by atoms with Crippen LogP contribution in [0.4, 0.5) is 5.69 Å². The highest BCUT2D eigenvalue weighted by Gasteiger charge is 2.54. The zero-order valence-corrected chi connectivity index (χ0v) is 17.8. The molecule has 30 heavy (non-hydrogen) atoms. The number of benzene rings is 1. The lowest BCUT2D eigenvalue weighted by molar-refractivity contribution is -0.137. The van der Waals surface area contributed by atoms with Gasteiger partial charge in [0.25, 0.3) is 0 Å². The molecule has 0 aromatic heterocycles. The Morgan fingerprint density at radius 3 is 2.87 bits per heavy atom. The number of esters is 1. The molecule has 1 aromatic carbocycles. The van der Waals surface area contributed by atoms with E-state index < -0.39 is 11.6 Å². The second-order valence-electron chi connectivity index (χ2n) is 8.32. The number of aliphatic hydroxyl groups is 2. The van der Waals surface area contributed by atoms with Gasteiger partial charge in [-0.1, -0.05) is 19.4 Å². The molecular weight excluding hydrogens is 384 g/mol. The lowest BCUT2D eigenvalue weighted by atomic mass is 9.70. The molecule has 0 unspecified atom stereocenters. The fourth-order valence-corrected chi connectivity index (χ4v) is 5.52. The van der Waals surface area contributed by atoms with Crippen molar-refractivity contribution in [1.82, 2.24) is 4.90 Å². The van der Waals surface area contributed by atoms with E-state index in [2.05, 4.69) is 11.8 Å². The molecule has 162 valence electrons. The normalized spacial score (nSPS) is 30.8. The molecular formula is C23H30N2O5. The van der Waals surface area contributed by atoms with E-state index in [0.717, 1.165) is 36.5 Å². The van der Waals surface area contributed by atoms with Crippen LogP contribution in [0.1, 0.15) is 31.7 Å². The quantitative estimate of drug-likeness (QED) is 0.567. The zero-order chi connectivity index (χ0) is 21.5. The minimum atomic E-state index is -1.15. The summed E-state index contributed by atoms with van der Waals surface area (Å²) in [6.45, 7) is 3.48. The van der Waals surface area contributed by atoms with Gasteiger partial charge in [-0.05, 0) is 42.9 Å². The van der Waals surface area contributed by atoms with Crippen LogP contribution < -0.4 is 4.74 Å². The molecule has 0 amide bonds. The van der Waals surface area contributed by atoms with Crippen LogP contribution in [0.5, 0.6) is 5.75 Å². The van der Waals surface area contributed by atoms with E-state index in [9.17, 15) is 15.0 Å². The maximum Gasteiger partial charge on any atom is 0.333 e. The average Bonchev–Trinajstić information content (AvgIpc) is 3.09. The van der Waals surface area contributed by atoms with E-state index >= 15 is 0 Å². The van der Waals surface area contributed by atoms with Crippen LogP contribution in [0.2, 0.25) is 0 Å². The summed E-state index contributed by atoms with van der Waals surface area (Å²) in [6, 6.07) is 5.57. The van der Waals surface area contributed by atoms with Gasteiger partial charge in [-0.3, -0.25) is 9.89 Å². The molecule has 2 saturated heterocycles. The number of hydrogen-bond donors (Lipinski definition) is 2. The molecule has 0 bridgehead atoms. The summed E-state index contributed by atoms with van der Waals surface area (Å²) in [5.74, 6) is 0.455. The Bertz CT molecular complexity index is 896. The highest BCUT2D eigenvalue weighted by Crippen LogP contribution is 2.51. The molecule has 2 fully saturated rings. The molecule has 0 saturated carbocycles. The third-order valence-corrected chi connectivity index (χ3v) is 6.99. The predicted octanol–water partition coefficient (Wildman–Crippen LogP) is 2.18. The first-order valence-corrected chi connectivity index (χ1v) is 10.6. The maximum atomic E-state index is 12.5. The van der Waals surface area contributed by atoms with Crippen LogP contribution in [0.25, 0.3) is 0 Å². The summed E-state index contributed by atoms with van der Waals surface area (Å²) >= 11 is 0. The Hall–Kier alpha value is -2.22. The first-order valence-electron chi connectivity index (χ1n) is 10.6. The van der Waals surface area contributed by atoms with E-state index in [4.69, 9.17) is 14.5 Å². The average molecular weight is 415 g/mol. The van der Waals surface area contributed by atoms with Gasteiger partial charge in [-0.15, -0.1) is 0 Å². The Balaban J connectivity index is 1.72. The summed E-state index contributed by atoms with van der Waals surface area (Å²) in [5.41, 5.74) is 1.60. The third kappa shape index (κ3) is 3.16. The van der Waals surface area contributed by atoms with Crippen LogP contribution in [0, 0.1) is 11.8 Å². The van der Waals surface area contributed by atoms with Gasteiger partial charge in [0, 0.05) is 18.7 Å². The van der Waals surface area contributed by atoms with Gasteiger partial charge in [0.15, 0.2) is 0 Å². The van der Waals surface area contributed by atoms with Crippen molar-refractivity contribution in [3.05, 3.63) is 35.4 Å². The van der Waals surface area contributed by atoms with Crippen molar-refractivity contribution in [3.8, 4) is 5.75 Å². The highest BCUT2D eigenvalue weighted by molar-refractivity contribution is 6.05. The van der Waals surface area contributed by atoms with E-state index in [0.29, 0.717) is 24.2 Å². The summed E-state index contributed by atoms with van der Waals surface area (Å²) in [7, 11) is 2.98. The minimum Gasteiger partial charge on any atom is -0.496 e. The van der Waals surface area contributed by atoms with Gasteiger partial charge in [0.05, 0.1) is 43.8 Å². The monoisotopic (exact) mass is 414 g/mol. The largest absolute Gasteiger partial charge is 0.496 e. The molecule has 3 heterocycles. The molecule has 3 aliphatic heterocycles. The number of methoxy groups -OCH3 is 2. The van der Waals surface area contributed by atoms with E-state index in [-0.39, 0.29) is 24.5 Å². The molecule has 7 heteroatoms. The Morgan fingerprint density at radius 2 is 2.20 bits per heavy atom. The number of aliphatic hydroxyl groups excluding tert-OH is 1. The van der Waals surface area contributed by atoms with Crippen molar-refractivity contribution in [2.45, 2.75) is 37.8 Å². The number of hydrogen-bond acceptors (Lipinski definition) is 7. The second kappa shape index (κ2) is 8.13. The van der Waals surface area contributed by atoms with Crippen molar-refractivity contribution in [1.29, 1.82) is 0 Å². The minimum absolute atomic E-state index is 0.0634. The van der Waals surface area contributed by atoms with Gasteiger partial charge in [-0.25, -0.2) is 4.79 Å². The molecule has 2 N–H and O–H groups in total. The van der Waals surface area contributed by atoms with Crippen molar-refractivity contribution in [3.63, 3.8) is 0 Å². The number of fused-ring (bicyclic) bond motifs is 5. The van der Waals surface area contributed by atoms with Crippen LogP contribution in [0.15, 0.2) is 34.8 Å². The summed E-state index contributed by atoms with van der Waals surface area (Å²) in [4.78, 5) is 19.7. The molecule has 1 aromatic rings. The molecule has 4 atom stereocenters. The number of carbonyl (C=O) groups is 1. The Labute approximate surface area is 177 Å². The number of carbonyl (C=O) groups excluding carboxylic acids is 1. The fourth-order valence-electron chi connectivity index (χ4n) is 5.52. The van der Waals surface area contributed by atoms with Gasteiger partial charge in [-0.2, -0.15) is 0 Å². The van der Waals surface area contributed by atoms with E-state index in [1.165, 1.54) is 7.11 Å². The highest BCUT2D eigenvalue weighted by atomic mass is 16.5. The zero-order valence-electron chi connectivity index (χ0n) is 17.8. The Morgan fingerprint density at radius 1 is 1.40 bits per heavy atom. The SMILES string of the molecule is CC[C@@H]1CN2CC[C@@]3(O)C(=Nc4cccc(OC)c43)[C@@H]2C[C@@H]1/C(=C\CO)C(=O)OC. The number of rotatable bonds is 5. The van der Waals surface area contributed by atoms with Crippen LogP contribution in [0.3, 0.4) is 0 Å².